The van der Waals surface area contributed by atoms with Crippen molar-refractivity contribution in [1.29, 1.82) is 0 Å². The molecule has 0 aliphatic carbocycles. The normalized spacial score (nSPS) is 10.7. The lowest BCUT2D eigenvalue weighted by Crippen LogP contribution is -2.27. The summed E-state index contributed by atoms with van der Waals surface area (Å²) in [5.74, 6) is 1.43. The van der Waals surface area contributed by atoms with Gasteiger partial charge in [-0.1, -0.05) is 54.6 Å². The van der Waals surface area contributed by atoms with Crippen molar-refractivity contribution in [3.05, 3.63) is 88.7 Å². The summed E-state index contributed by atoms with van der Waals surface area (Å²) in [6.07, 6.45) is 1.05. The standard InChI is InChI=1S/C26H26N4O3/c1-33-21-12-10-19(11-13-21)20-7-4-6-18(16-20)17-24(31)27-14-5-15-28-25-22-8-2-3-9-23(22)26(32)30-29-25/h2-4,6-13,16H,5,14-15,17H2,1H3,(H,27,31)(H,28,29)(H,30,32). The maximum Gasteiger partial charge on any atom is 0.272 e. The van der Waals surface area contributed by atoms with Crippen LogP contribution >= 0.6 is 0 Å². The lowest BCUT2D eigenvalue weighted by Gasteiger charge is -2.09. The molecule has 3 aromatic carbocycles. The topological polar surface area (TPSA) is 96.1 Å². The highest BCUT2D eigenvalue weighted by atomic mass is 16.5. The van der Waals surface area contributed by atoms with Crippen LogP contribution in [0, 0.1) is 0 Å². The van der Waals surface area contributed by atoms with E-state index in [0.29, 0.717) is 30.7 Å². The van der Waals surface area contributed by atoms with E-state index in [1.807, 2.05) is 66.7 Å². The van der Waals surface area contributed by atoms with E-state index in [0.717, 1.165) is 34.2 Å². The van der Waals surface area contributed by atoms with Crippen LogP contribution in [0.3, 0.4) is 0 Å². The zero-order chi connectivity index (χ0) is 23.0. The molecular weight excluding hydrogens is 416 g/mol. The van der Waals surface area contributed by atoms with Gasteiger partial charge in [-0.15, -0.1) is 0 Å². The van der Waals surface area contributed by atoms with Gasteiger partial charge in [0.05, 0.1) is 18.9 Å². The third kappa shape index (κ3) is 5.57. The van der Waals surface area contributed by atoms with E-state index in [2.05, 4.69) is 20.8 Å². The van der Waals surface area contributed by atoms with Gasteiger partial charge in [0, 0.05) is 18.5 Å². The largest absolute Gasteiger partial charge is 0.497 e. The number of carbonyl (C=O) groups is 1. The highest BCUT2D eigenvalue weighted by Crippen LogP contribution is 2.23. The van der Waals surface area contributed by atoms with Gasteiger partial charge in [0.25, 0.3) is 5.56 Å². The summed E-state index contributed by atoms with van der Waals surface area (Å²) in [7, 11) is 1.65. The van der Waals surface area contributed by atoms with Gasteiger partial charge in [-0.3, -0.25) is 9.59 Å². The smallest absolute Gasteiger partial charge is 0.272 e. The molecule has 0 spiro atoms. The number of nitrogens with one attached hydrogen (secondary N) is 3. The molecule has 4 aromatic rings. The molecular formula is C26H26N4O3. The van der Waals surface area contributed by atoms with Crippen LogP contribution in [-0.2, 0) is 11.2 Å². The van der Waals surface area contributed by atoms with E-state index >= 15 is 0 Å². The van der Waals surface area contributed by atoms with Crippen LogP contribution in [0.25, 0.3) is 21.9 Å². The van der Waals surface area contributed by atoms with Gasteiger partial charge in [-0.25, -0.2) is 5.10 Å². The van der Waals surface area contributed by atoms with Crippen molar-refractivity contribution < 1.29 is 9.53 Å². The second-order valence-electron chi connectivity index (χ2n) is 7.68. The molecule has 0 fully saturated rings. The average molecular weight is 443 g/mol. The van der Waals surface area contributed by atoms with Crippen molar-refractivity contribution in [2.75, 3.05) is 25.5 Å². The average Bonchev–Trinajstić information content (AvgIpc) is 2.85. The lowest BCUT2D eigenvalue weighted by molar-refractivity contribution is -0.120. The first-order valence-corrected chi connectivity index (χ1v) is 10.9. The van der Waals surface area contributed by atoms with Crippen LogP contribution in [-0.4, -0.2) is 36.3 Å². The van der Waals surface area contributed by atoms with Crippen molar-refractivity contribution in [2.45, 2.75) is 12.8 Å². The molecule has 4 rings (SSSR count). The lowest BCUT2D eigenvalue weighted by atomic mass is 10.0. The summed E-state index contributed by atoms with van der Waals surface area (Å²) in [4.78, 5) is 24.3. The Morgan fingerprint density at radius 2 is 1.73 bits per heavy atom. The Hall–Kier alpha value is -4.13. The minimum atomic E-state index is -0.209. The van der Waals surface area contributed by atoms with Crippen molar-refractivity contribution in [3.63, 3.8) is 0 Å². The first-order chi connectivity index (χ1) is 16.1. The molecule has 0 saturated carbocycles. The number of anilines is 1. The van der Waals surface area contributed by atoms with Gasteiger partial charge in [-0.2, -0.15) is 5.10 Å². The number of aromatic amines is 1. The van der Waals surface area contributed by atoms with Crippen molar-refractivity contribution in [1.82, 2.24) is 15.5 Å². The summed E-state index contributed by atoms with van der Waals surface area (Å²) in [6, 6.07) is 23.2. The fourth-order valence-electron chi connectivity index (χ4n) is 3.66. The highest BCUT2D eigenvalue weighted by molar-refractivity contribution is 5.90. The van der Waals surface area contributed by atoms with Crippen LogP contribution in [0.1, 0.15) is 12.0 Å². The molecule has 168 valence electrons. The minimum absolute atomic E-state index is 0.0190. The molecule has 1 amide bonds. The Kier molecular flexibility index (Phi) is 6.99. The van der Waals surface area contributed by atoms with Crippen LogP contribution in [0.2, 0.25) is 0 Å². The number of rotatable bonds is 9. The number of ether oxygens (including phenoxy) is 1. The third-order valence-electron chi connectivity index (χ3n) is 5.38. The number of nitrogens with zero attached hydrogens (tertiary/aromatic N) is 1. The summed E-state index contributed by atoms with van der Waals surface area (Å²) in [5, 5.41) is 14.2. The van der Waals surface area contributed by atoms with E-state index in [1.54, 1.807) is 13.2 Å². The first-order valence-electron chi connectivity index (χ1n) is 10.9. The molecule has 3 N–H and O–H groups in total. The fraction of sp³-hybridized carbons (Fsp3) is 0.192. The molecule has 33 heavy (non-hydrogen) atoms. The maximum atomic E-state index is 12.4. The molecule has 1 heterocycles. The molecule has 0 bridgehead atoms. The molecule has 0 unspecified atom stereocenters. The number of amides is 1. The third-order valence-corrected chi connectivity index (χ3v) is 5.38. The van der Waals surface area contributed by atoms with Gasteiger partial charge in [0.2, 0.25) is 5.91 Å². The molecule has 0 radical (unpaired) electrons. The van der Waals surface area contributed by atoms with E-state index in [1.165, 1.54) is 0 Å². The first kappa shape index (κ1) is 22.1. The molecule has 0 aliphatic heterocycles. The van der Waals surface area contributed by atoms with Gasteiger partial charge in [0.15, 0.2) is 5.82 Å². The van der Waals surface area contributed by atoms with Gasteiger partial charge >= 0.3 is 0 Å². The predicted molar refractivity (Wildman–Crippen MR) is 131 cm³/mol. The summed E-state index contributed by atoms with van der Waals surface area (Å²) < 4.78 is 5.21. The van der Waals surface area contributed by atoms with E-state index in [4.69, 9.17) is 4.74 Å². The second-order valence-corrected chi connectivity index (χ2v) is 7.68. The Labute approximate surface area is 191 Å². The predicted octanol–water partition coefficient (Wildman–Crippen LogP) is 3.76. The van der Waals surface area contributed by atoms with Gasteiger partial charge in [0.1, 0.15) is 5.75 Å². The summed E-state index contributed by atoms with van der Waals surface area (Å²) >= 11 is 0. The number of fused-ring (bicyclic) bond motifs is 1. The van der Waals surface area contributed by atoms with E-state index < -0.39 is 0 Å². The number of methoxy groups -OCH3 is 1. The molecule has 0 atom stereocenters. The molecule has 7 heteroatoms. The van der Waals surface area contributed by atoms with Crippen molar-refractivity contribution in [3.8, 4) is 16.9 Å². The number of carbonyl (C=O) groups excluding carboxylic acids is 1. The fourth-order valence-corrected chi connectivity index (χ4v) is 3.66. The van der Waals surface area contributed by atoms with E-state index in [9.17, 15) is 9.59 Å². The van der Waals surface area contributed by atoms with Gasteiger partial charge < -0.3 is 15.4 Å². The van der Waals surface area contributed by atoms with Crippen molar-refractivity contribution in [2.24, 2.45) is 0 Å². The summed E-state index contributed by atoms with van der Waals surface area (Å²) in [5.41, 5.74) is 2.89. The maximum absolute atomic E-state index is 12.4. The number of benzene rings is 3. The Morgan fingerprint density at radius 3 is 2.52 bits per heavy atom. The number of H-pyrrole nitrogens is 1. The molecule has 0 aliphatic rings. The van der Waals surface area contributed by atoms with E-state index in [-0.39, 0.29) is 11.5 Å². The molecule has 0 saturated heterocycles. The monoisotopic (exact) mass is 442 g/mol. The Balaban J connectivity index is 1.26. The molecule has 7 nitrogen and oxygen atoms in total. The molecule has 1 aromatic heterocycles. The Morgan fingerprint density at radius 1 is 0.939 bits per heavy atom. The van der Waals surface area contributed by atoms with Crippen LogP contribution in [0.5, 0.6) is 5.75 Å². The zero-order valence-corrected chi connectivity index (χ0v) is 18.4. The number of aromatic nitrogens is 2. The van der Waals surface area contributed by atoms with Gasteiger partial charge in [-0.05, 0) is 41.3 Å². The van der Waals surface area contributed by atoms with Crippen LogP contribution in [0.15, 0.2) is 77.6 Å². The quantitative estimate of drug-likeness (QED) is 0.343. The number of hydrogen-bond acceptors (Lipinski definition) is 5. The summed E-state index contributed by atoms with van der Waals surface area (Å²) in [6.45, 7) is 1.17. The zero-order valence-electron chi connectivity index (χ0n) is 18.4. The number of hydrogen-bond donors (Lipinski definition) is 3. The highest BCUT2D eigenvalue weighted by Gasteiger charge is 2.07. The van der Waals surface area contributed by atoms with Crippen LogP contribution < -0.4 is 20.9 Å². The SMILES string of the molecule is COc1ccc(-c2cccc(CC(=O)NCCCNc3n[nH]c(=O)c4ccccc34)c2)cc1. The Bertz CT molecular complexity index is 1300. The van der Waals surface area contributed by atoms with Crippen molar-refractivity contribution >= 4 is 22.5 Å². The second kappa shape index (κ2) is 10.5. The van der Waals surface area contributed by atoms with Crippen LogP contribution in [0.4, 0.5) is 5.82 Å². The minimum Gasteiger partial charge on any atom is -0.497 e.